The van der Waals surface area contributed by atoms with Crippen LogP contribution < -0.4 is 10.1 Å². The lowest BCUT2D eigenvalue weighted by atomic mass is 10.1. The Balaban J connectivity index is 1.24. The molecule has 0 radical (unpaired) electrons. The highest BCUT2D eigenvalue weighted by molar-refractivity contribution is 7.89. The predicted molar refractivity (Wildman–Crippen MR) is 182 cm³/mol. The van der Waals surface area contributed by atoms with Gasteiger partial charge in [0.05, 0.1) is 33.8 Å². The minimum atomic E-state index is -3.64. The molecule has 1 N–H and O–H groups in total. The third-order valence-electron chi connectivity index (χ3n) is 8.34. The van der Waals surface area contributed by atoms with Crippen LogP contribution in [0.1, 0.15) is 63.0 Å². The number of esters is 2. The normalized spacial score (nSPS) is 13.6. The molecule has 1 fully saturated rings. The average molecular weight is 666 g/mol. The zero-order valence-electron chi connectivity index (χ0n) is 26.6. The van der Waals surface area contributed by atoms with E-state index >= 15 is 0 Å². The van der Waals surface area contributed by atoms with Crippen molar-refractivity contribution in [2.75, 3.05) is 25.0 Å². The highest BCUT2D eigenvalue weighted by Gasteiger charge is 2.27. The molecule has 1 aromatic heterocycles. The van der Waals surface area contributed by atoms with Gasteiger partial charge < -0.3 is 19.4 Å². The van der Waals surface area contributed by atoms with Crippen LogP contribution in [0.5, 0.6) is 5.75 Å². The van der Waals surface area contributed by atoms with Crippen LogP contribution in [-0.2, 0) is 14.8 Å². The number of anilines is 1. The van der Waals surface area contributed by atoms with Gasteiger partial charge in [0.1, 0.15) is 5.75 Å². The molecule has 0 aliphatic carbocycles. The fourth-order valence-electron chi connectivity index (χ4n) is 5.99. The third-order valence-corrected chi connectivity index (χ3v) is 10.3. The van der Waals surface area contributed by atoms with E-state index in [0.29, 0.717) is 29.7 Å². The van der Waals surface area contributed by atoms with Crippen molar-refractivity contribution in [2.45, 2.75) is 38.0 Å². The molecule has 246 valence electrons. The summed E-state index contributed by atoms with van der Waals surface area (Å²) in [4.78, 5) is 39.9. The number of benzene rings is 4. The first-order chi connectivity index (χ1) is 23.2. The van der Waals surface area contributed by atoms with Gasteiger partial charge in [0, 0.05) is 35.4 Å². The van der Waals surface area contributed by atoms with E-state index in [1.807, 2.05) is 41.8 Å². The second-order valence-electron chi connectivity index (χ2n) is 11.4. The number of hydrogen-bond acceptors (Lipinski definition) is 7. The number of fused-ring (bicyclic) bond motifs is 1. The molecule has 11 heteroatoms. The Bertz CT molecular complexity index is 2100. The van der Waals surface area contributed by atoms with Gasteiger partial charge in [-0.1, -0.05) is 36.8 Å². The Hall–Kier alpha value is -5.26. The number of nitrogens with zero attached hydrogens (tertiary/aromatic N) is 2. The van der Waals surface area contributed by atoms with Gasteiger partial charge >= 0.3 is 11.9 Å². The van der Waals surface area contributed by atoms with E-state index in [1.54, 1.807) is 43.3 Å². The molecular formula is C37H35N3O7S. The van der Waals surface area contributed by atoms with Gasteiger partial charge in [0.15, 0.2) is 0 Å². The molecule has 5 aromatic rings. The number of rotatable bonds is 9. The summed E-state index contributed by atoms with van der Waals surface area (Å²) in [5.74, 6) is -1.52. The molecule has 1 saturated heterocycles. The summed E-state index contributed by atoms with van der Waals surface area (Å²) in [5.41, 5.74) is 3.22. The second-order valence-corrected chi connectivity index (χ2v) is 13.3. The predicted octanol–water partition coefficient (Wildman–Crippen LogP) is 6.76. The molecule has 0 bridgehead atoms. The molecule has 48 heavy (non-hydrogen) atoms. The number of piperidine rings is 1. The lowest BCUT2D eigenvalue weighted by Crippen LogP contribution is -2.35. The number of amides is 1. The Kier molecular flexibility index (Phi) is 9.42. The SMILES string of the molecule is CCOC(=O)c1c(C)n(-c2ccccc2)c2ccc(OC(=O)c3ccccc3NC(=O)c3ccc(S(=O)(=O)N4CCCCC4)cc3)cc12. The van der Waals surface area contributed by atoms with Crippen molar-refractivity contribution >= 4 is 44.5 Å². The molecule has 0 spiro atoms. The number of sulfonamides is 1. The maximum Gasteiger partial charge on any atom is 0.345 e. The van der Waals surface area contributed by atoms with Crippen molar-refractivity contribution in [3.05, 3.63) is 119 Å². The van der Waals surface area contributed by atoms with Crippen molar-refractivity contribution in [3.8, 4) is 11.4 Å². The fraction of sp³-hybridized carbons (Fsp3) is 0.216. The smallest absolute Gasteiger partial charge is 0.345 e. The molecule has 0 unspecified atom stereocenters. The zero-order valence-corrected chi connectivity index (χ0v) is 27.5. The van der Waals surface area contributed by atoms with Gasteiger partial charge in [-0.2, -0.15) is 4.31 Å². The van der Waals surface area contributed by atoms with Crippen molar-refractivity contribution in [1.82, 2.24) is 8.87 Å². The quantitative estimate of drug-likeness (QED) is 0.136. The van der Waals surface area contributed by atoms with Gasteiger partial charge in [-0.25, -0.2) is 18.0 Å². The van der Waals surface area contributed by atoms with Gasteiger partial charge in [0.2, 0.25) is 10.0 Å². The number of para-hydroxylation sites is 2. The van der Waals surface area contributed by atoms with Crippen LogP contribution in [0, 0.1) is 6.92 Å². The second kappa shape index (κ2) is 13.8. The van der Waals surface area contributed by atoms with Crippen LogP contribution in [0.4, 0.5) is 5.69 Å². The number of ether oxygens (including phenoxy) is 2. The molecule has 4 aromatic carbocycles. The first-order valence-corrected chi connectivity index (χ1v) is 17.2. The first-order valence-electron chi connectivity index (χ1n) is 15.8. The lowest BCUT2D eigenvalue weighted by Gasteiger charge is -2.25. The van der Waals surface area contributed by atoms with E-state index in [0.717, 1.165) is 30.5 Å². The summed E-state index contributed by atoms with van der Waals surface area (Å²) in [6, 6.07) is 26.8. The largest absolute Gasteiger partial charge is 0.462 e. The molecular weight excluding hydrogens is 630 g/mol. The summed E-state index contributed by atoms with van der Waals surface area (Å²) >= 11 is 0. The number of carbonyl (C=O) groups is 3. The number of nitrogens with one attached hydrogen (secondary N) is 1. The number of hydrogen-bond donors (Lipinski definition) is 1. The molecule has 1 aliphatic heterocycles. The van der Waals surface area contributed by atoms with E-state index in [2.05, 4.69) is 5.32 Å². The molecule has 10 nitrogen and oxygen atoms in total. The highest BCUT2D eigenvalue weighted by atomic mass is 32.2. The first kappa shape index (κ1) is 32.7. The van der Waals surface area contributed by atoms with E-state index in [4.69, 9.17) is 9.47 Å². The van der Waals surface area contributed by atoms with Crippen LogP contribution in [0.25, 0.3) is 16.6 Å². The Morgan fingerprint density at radius 3 is 2.21 bits per heavy atom. The Labute approximate surface area is 278 Å². The molecule has 0 atom stereocenters. The van der Waals surface area contributed by atoms with Crippen LogP contribution in [0.3, 0.4) is 0 Å². The Morgan fingerprint density at radius 1 is 0.812 bits per heavy atom. The third kappa shape index (κ3) is 6.47. The zero-order chi connectivity index (χ0) is 33.8. The molecule has 1 amide bonds. The minimum Gasteiger partial charge on any atom is -0.462 e. The van der Waals surface area contributed by atoms with Gasteiger partial charge in [-0.3, -0.25) is 4.79 Å². The van der Waals surface area contributed by atoms with Crippen LogP contribution in [0.2, 0.25) is 0 Å². The Morgan fingerprint density at radius 2 is 1.50 bits per heavy atom. The monoisotopic (exact) mass is 665 g/mol. The average Bonchev–Trinajstić information content (AvgIpc) is 3.40. The van der Waals surface area contributed by atoms with E-state index < -0.39 is 27.9 Å². The maximum absolute atomic E-state index is 13.5. The summed E-state index contributed by atoms with van der Waals surface area (Å²) in [6.07, 6.45) is 2.66. The summed E-state index contributed by atoms with van der Waals surface area (Å²) < 4.78 is 40.6. The van der Waals surface area contributed by atoms with Gasteiger partial charge in [-0.05, 0) is 93.4 Å². The molecule has 1 aliphatic rings. The number of carbonyl (C=O) groups excluding carboxylic acids is 3. The summed E-state index contributed by atoms with van der Waals surface area (Å²) in [6.45, 7) is 4.75. The van der Waals surface area contributed by atoms with Crippen molar-refractivity contribution in [1.29, 1.82) is 0 Å². The minimum absolute atomic E-state index is 0.110. The van der Waals surface area contributed by atoms with Gasteiger partial charge in [0.25, 0.3) is 5.91 Å². The summed E-state index contributed by atoms with van der Waals surface area (Å²) in [5, 5.41) is 3.31. The number of aromatic nitrogens is 1. The molecule has 6 rings (SSSR count). The van der Waals surface area contributed by atoms with Crippen LogP contribution >= 0.6 is 0 Å². The summed E-state index contributed by atoms with van der Waals surface area (Å²) in [7, 11) is -3.64. The standard InChI is InChI=1S/C37H35N3O7S/c1-3-46-37(43)34-25(2)40(27-12-6-4-7-13-27)33-21-18-28(24-31(33)34)47-36(42)30-14-8-9-15-32(30)38-35(41)26-16-19-29(20-17-26)48(44,45)39-22-10-5-11-23-39/h4,6-9,12-21,24H,3,5,10-11,22-23H2,1-2H3,(H,38,41). The van der Waals surface area contributed by atoms with Crippen molar-refractivity contribution in [2.24, 2.45) is 0 Å². The lowest BCUT2D eigenvalue weighted by molar-refractivity contribution is 0.0527. The highest BCUT2D eigenvalue weighted by Crippen LogP contribution is 2.33. The van der Waals surface area contributed by atoms with Crippen LogP contribution in [-0.4, -0.2) is 54.8 Å². The van der Waals surface area contributed by atoms with E-state index in [1.165, 1.54) is 34.6 Å². The van der Waals surface area contributed by atoms with Crippen molar-refractivity contribution < 1.29 is 32.3 Å². The molecule has 2 heterocycles. The van der Waals surface area contributed by atoms with Crippen LogP contribution in [0.15, 0.2) is 102 Å². The molecule has 0 saturated carbocycles. The van der Waals surface area contributed by atoms with E-state index in [-0.39, 0.29) is 34.1 Å². The fourth-order valence-corrected chi connectivity index (χ4v) is 7.51. The van der Waals surface area contributed by atoms with E-state index in [9.17, 15) is 22.8 Å². The maximum atomic E-state index is 13.5. The van der Waals surface area contributed by atoms with Gasteiger partial charge in [-0.15, -0.1) is 0 Å². The van der Waals surface area contributed by atoms with Crippen molar-refractivity contribution in [3.63, 3.8) is 0 Å². The topological polar surface area (TPSA) is 124 Å².